The second-order valence-corrected chi connectivity index (χ2v) is 8.62. The zero-order valence-corrected chi connectivity index (χ0v) is 18.1. The number of likely N-dealkylation sites (tertiary alicyclic amines) is 1. The van der Waals surface area contributed by atoms with Crippen LogP contribution in [0, 0.1) is 11.6 Å². The molecule has 2 aliphatic heterocycles. The highest BCUT2D eigenvalue weighted by molar-refractivity contribution is 5.76. The first-order valence-corrected chi connectivity index (χ1v) is 11.1. The molecule has 2 fully saturated rings. The van der Waals surface area contributed by atoms with Gasteiger partial charge in [-0.25, -0.2) is 8.78 Å². The highest BCUT2D eigenvalue weighted by Gasteiger charge is 2.32. The molecular formula is C24H26F5N3O. The van der Waals surface area contributed by atoms with Crippen molar-refractivity contribution in [2.24, 2.45) is 0 Å². The lowest BCUT2D eigenvalue weighted by Gasteiger charge is -2.40. The number of carbonyl (C=O) groups excluding carboxylic acids is 1. The maximum atomic E-state index is 13.5. The minimum absolute atomic E-state index is 0.00941. The molecule has 4 rings (SSSR count). The van der Waals surface area contributed by atoms with Crippen LogP contribution in [0.1, 0.15) is 30.4 Å². The van der Waals surface area contributed by atoms with Crippen LogP contribution in [-0.2, 0) is 17.5 Å². The van der Waals surface area contributed by atoms with E-state index in [9.17, 15) is 26.7 Å². The molecule has 2 aliphatic rings. The van der Waals surface area contributed by atoms with E-state index in [0.717, 1.165) is 24.6 Å². The van der Waals surface area contributed by atoms with Crippen molar-refractivity contribution in [2.75, 3.05) is 37.6 Å². The van der Waals surface area contributed by atoms with E-state index in [0.29, 0.717) is 56.8 Å². The highest BCUT2D eigenvalue weighted by atomic mass is 19.4. The quantitative estimate of drug-likeness (QED) is 0.611. The molecule has 1 amide bonds. The van der Waals surface area contributed by atoms with Crippen LogP contribution in [0.4, 0.5) is 27.6 Å². The van der Waals surface area contributed by atoms with Crippen LogP contribution in [0.5, 0.6) is 0 Å². The first kappa shape index (κ1) is 23.5. The molecule has 2 saturated heterocycles. The largest absolute Gasteiger partial charge is 0.416 e. The summed E-state index contributed by atoms with van der Waals surface area (Å²) >= 11 is 0. The fourth-order valence-electron chi connectivity index (χ4n) is 4.64. The molecule has 0 saturated carbocycles. The van der Waals surface area contributed by atoms with Crippen LogP contribution in [0.2, 0.25) is 0 Å². The van der Waals surface area contributed by atoms with Gasteiger partial charge in [0.2, 0.25) is 5.91 Å². The van der Waals surface area contributed by atoms with E-state index in [2.05, 4.69) is 4.90 Å². The second kappa shape index (κ2) is 9.67. The third-order valence-corrected chi connectivity index (χ3v) is 6.50. The van der Waals surface area contributed by atoms with E-state index in [-0.39, 0.29) is 18.5 Å². The monoisotopic (exact) mass is 467 g/mol. The Bertz CT molecular complexity index is 988. The smallest absolute Gasteiger partial charge is 0.369 e. The molecule has 1 atom stereocenters. The van der Waals surface area contributed by atoms with Gasteiger partial charge < -0.3 is 9.80 Å². The number of amides is 1. The Kier molecular flexibility index (Phi) is 6.88. The van der Waals surface area contributed by atoms with Crippen molar-refractivity contribution in [3.05, 3.63) is 65.2 Å². The average Bonchev–Trinajstić information content (AvgIpc) is 2.98. The van der Waals surface area contributed by atoms with Gasteiger partial charge in [-0.1, -0.05) is 12.1 Å². The Morgan fingerprint density at radius 1 is 0.879 bits per heavy atom. The third kappa shape index (κ3) is 5.63. The maximum absolute atomic E-state index is 13.5. The fourth-order valence-corrected chi connectivity index (χ4v) is 4.64. The molecule has 1 unspecified atom stereocenters. The maximum Gasteiger partial charge on any atom is 0.416 e. The van der Waals surface area contributed by atoms with Gasteiger partial charge in [0.15, 0.2) is 11.6 Å². The average molecular weight is 467 g/mol. The van der Waals surface area contributed by atoms with Crippen molar-refractivity contribution in [3.63, 3.8) is 0 Å². The number of hydrogen-bond donors (Lipinski definition) is 0. The zero-order valence-electron chi connectivity index (χ0n) is 18.1. The van der Waals surface area contributed by atoms with Gasteiger partial charge in [0.25, 0.3) is 0 Å². The van der Waals surface area contributed by atoms with Gasteiger partial charge in [0, 0.05) is 57.4 Å². The Morgan fingerprint density at radius 2 is 1.64 bits per heavy atom. The Balaban J connectivity index is 1.33. The molecule has 2 aromatic carbocycles. The van der Waals surface area contributed by atoms with E-state index in [1.807, 2.05) is 4.90 Å². The van der Waals surface area contributed by atoms with Crippen LogP contribution < -0.4 is 4.90 Å². The van der Waals surface area contributed by atoms with Crippen LogP contribution in [-0.4, -0.2) is 54.5 Å². The van der Waals surface area contributed by atoms with Crippen LogP contribution in [0.15, 0.2) is 42.5 Å². The van der Waals surface area contributed by atoms with Crippen molar-refractivity contribution >= 4 is 11.6 Å². The zero-order chi connectivity index (χ0) is 23.6. The highest BCUT2D eigenvalue weighted by Crippen LogP contribution is 2.32. The van der Waals surface area contributed by atoms with Crippen molar-refractivity contribution < 1.29 is 26.7 Å². The topological polar surface area (TPSA) is 26.8 Å². The lowest BCUT2D eigenvalue weighted by molar-refractivity contribution is -0.137. The molecule has 0 N–H and O–H groups in total. The minimum Gasteiger partial charge on any atom is -0.369 e. The first-order valence-electron chi connectivity index (χ1n) is 11.1. The molecule has 0 bridgehead atoms. The molecule has 0 spiro atoms. The summed E-state index contributed by atoms with van der Waals surface area (Å²) in [5.41, 5.74) is 0.472. The SMILES string of the molecule is O=C1CCC(N2CCN(c3cccc(C(F)(F)F)c3)CC2)CCN1Cc1ccc(F)c(F)c1. The van der Waals surface area contributed by atoms with Gasteiger partial charge in [-0.2, -0.15) is 13.2 Å². The molecule has 2 heterocycles. The number of benzene rings is 2. The fraction of sp³-hybridized carbons (Fsp3) is 0.458. The number of anilines is 1. The summed E-state index contributed by atoms with van der Waals surface area (Å²) in [5.74, 6) is -1.85. The van der Waals surface area contributed by atoms with Gasteiger partial charge in [-0.05, 0) is 48.7 Å². The first-order chi connectivity index (χ1) is 15.7. The van der Waals surface area contributed by atoms with E-state index in [4.69, 9.17) is 0 Å². The molecule has 0 aliphatic carbocycles. The Morgan fingerprint density at radius 3 is 2.33 bits per heavy atom. The molecule has 0 radical (unpaired) electrons. The van der Waals surface area contributed by atoms with Gasteiger partial charge in [-0.15, -0.1) is 0 Å². The number of hydrogen-bond acceptors (Lipinski definition) is 3. The number of halogens is 5. The molecule has 4 nitrogen and oxygen atoms in total. The van der Waals surface area contributed by atoms with Crippen LogP contribution in [0.3, 0.4) is 0 Å². The van der Waals surface area contributed by atoms with E-state index >= 15 is 0 Å². The number of rotatable bonds is 4. The van der Waals surface area contributed by atoms with Crippen molar-refractivity contribution in [3.8, 4) is 0 Å². The summed E-state index contributed by atoms with van der Waals surface area (Å²) in [5, 5.41) is 0. The normalized spacial score (nSPS) is 20.8. The second-order valence-electron chi connectivity index (χ2n) is 8.62. The molecule has 9 heteroatoms. The van der Waals surface area contributed by atoms with Gasteiger partial charge >= 0.3 is 6.18 Å². The lowest BCUT2D eigenvalue weighted by atomic mass is 10.1. The minimum atomic E-state index is -4.36. The summed E-state index contributed by atoms with van der Waals surface area (Å²) in [6.45, 7) is 3.41. The predicted molar refractivity (Wildman–Crippen MR) is 115 cm³/mol. The Labute approximate surface area is 189 Å². The third-order valence-electron chi connectivity index (χ3n) is 6.50. The lowest BCUT2D eigenvalue weighted by Crippen LogP contribution is -2.50. The van der Waals surface area contributed by atoms with Gasteiger partial charge in [-0.3, -0.25) is 9.69 Å². The van der Waals surface area contributed by atoms with Crippen molar-refractivity contribution in [1.82, 2.24) is 9.80 Å². The van der Waals surface area contributed by atoms with E-state index in [1.165, 1.54) is 18.2 Å². The van der Waals surface area contributed by atoms with Crippen LogP contribution in [0.25, 0.3) is 0 Å². The summed E-state index contributed by atoms with van der Waals surface area (Å²) in [4.78, 5) is 18.5. The summed E-state index contributed by atoms with van der Waals surface area (Å²) in [7, 11) is 0. The Hall–Kier alpha value is -2.68. The van der Waals surface area contributed by atoms with E-state index < -0.39 is 23.4 Å². The van der Waals surface area contributed by atoms with Gasteiger partial charge in [0.05, 0.1) is 5.56 Å². The van der Waals surface area contributed by atoms with Crippen molar-refractivity contribution in [2.45, 2.75) is 38.0 Å². The molecule has 2 aromatic rings. The number of alkyl halides is 3. The summed E-state index contributed by atoms with van der Waals surface area (Å²) in [6, 6.07) is 9.28. The number of piperazine rings is 1. The van der Waals surface area contributed by atoms with E-state index in [1.54, 1.807) is 11.0 Å². The standard InChI is InChI=1S/C24H26F5N3O/c25-21-6-4-17(14-22(21)26)16-32-9-8-19(5-7-23(32)33)30-10-12-31(13-11-30)20-3-1-2-18(15-20)24(27,28)29/h1-4,6,14-15,19H,5,7-13,16H2. The summed E-state index contributed by atoms with van der Waals surface area (Å²) in [6.07, 6.45) is -2.52. The van der Waals surface area contributed by atoms with Crippen LogP contribution >= 0.6 is 0 Å². The summed E-state index contributed by atoms with van der Waals surface area (Å²) < 4.78 is 65.7. The predicted octanol–water partition coefficient (Wildman–Crippen LogP) is 4.69. The molecule has 178 valence electrons. The molecule has 0 aromatic heterocycles. The number of nitrogens with zero attached hydrogens (tertiary/aromatic N) is 3. The molecular weight excluding hydrogens is 441 g/mol. The van der Waals surface area contributed by atoms with Gasteiger partial charge in [0.1, 0.15) is 0 Å². The molecule has 33 heavy (non-hydrogen) atoms. The van der Waals surface area contributed by atoms with Crippen molar-refractivity contribution in [1.29, 1.82) is 0 Å². The number of carbonyl (C=O) groups is 1.